The molecule has 0 aliphatic carbocycles. The number of nitrogens with zero attached hydrogens (tertiary/aromatic N) is 1. The smallest absolute Gasteiger partial charge is 0.176 e. The molecule has 2 aliphatic heterocycles. The zero-order valence-electron chi connectivity index (χ0n) is 21.8. The Bertz CT molecular complexity index is 1460. The second-order valence-electron chi connectivity index (χ2n) is 10.4. The van der Waals surface area contributed by atoms with Gasteiger partial charge in [0.1, 0.15) is 29.6 Å². The first-order chi connectivity index (χ1) is 18.1. The highest BCUT2D eigenvalue weighted by atomic mass is 32.2. The molecule has 0 saturated carbocycles. The maximum absolute atomic E-state index is 13.2. The predicted octanol–water partition coefficient (Wildman–Crippen LogP) is 5.25. The van der Waals surface area contributed by atoms with Crippen molar-refractivity contribution in [2.24, 2.45) is 5.92 Å². The number of sulfone groups is 1. The second kappa shape index (κ2) is 10.3. The van der Waals surface area contributed by atoms with Crippen LogP contribution >= 0.6 is 0 Å². The van der Waals surface area contributed by atoms with E-state index in [2.05, 4.69) is 18.7 Å². The molecule has 5 rings (SSSR count). The Morgan fingerprint density at radius 2 is 1.79 bits per heavy atom. The number of phenolic OH excluding ortho intramolecular Hbond substituents is 2. The van der Waals surface area contributed by atoms with Crippen LogP contribution in [0.3, 0.4) is 0 Å². The van der Waals surface area contributed by atoms with Gasteiger partial charge in [0, 0.05) is 30.0 Å². The number of likely N-dealkylation sites (tertiary alicyclic amines) is 1. The number of ether oxygens (including phenoxy) is 2. The Labute approximate surface area is 223 Å². The van der Waals surface area contributed by atoms with Gasteiger partial charge in [0.15, 0.2) is 15.9 Å². The van der Waals surface area contributed by atoms with E-state index < -0.39 is 15.9 Å². The molecule has 2 heterocycles. The first-order valence-corrected chi connectivity index (χ1v) is 14.7. The minimum absolute atomic E-state index is 0.00794. The second-order valence-corrected chi connectivity index (χ2v) is 12.3. The van der Waals surface area contributed by atoms with Gasteiger partial charge in [-0.2, -0.15) is 0 Å². The summed E-state index contributed by atoms with van der Waals surface area (Å²) in [5.74, 6) is 1.73. The van der Waals surface area contributed by atoms with E-state index in [1.54, 1.807) is 18.2 Å². The standard InChI is InChI=1S/C30H33NO6S/c1-19-13-14-31(17-19)20(2)18-36-25-10-7-21(8-11-25)29-28(22-5-4-6-23(32)15-22)30(38(3,34)35)26-16-24(33)9-12-27(26)37-29/h4-12,15-16,19-20,29,32-33H,13-14,17-18H2,1-3H3. The molecule has 3 aromatic carbocycles. The van der Waals surface area contributed by atoms with Crippen molar-refractivity contribution in [3.8, 4) is 23.0 Å². The van der Waals surface area contributed by atoms with Crippen LogP contribution in [0.1, 0.15) is 43.1 Å². The molecule has 0 spiro atoms. The van der Waals surface area contributed by atoms with Gasteiger partial charge >= 0.3 is 0 Å². The molecule has 1 saturated heterocycles. The average Bonchev–Trinajstić information content (AvgIpc) is 3.32. The third kappa shape index (κ3) is 5.37. The minimum Gasteiger partial charge on any atom is -0.508 e. The number of hydrogen-bond acceptors (Lipinski definition) is 7. The van der Waals surface area contributed by atoms with Crippen LogP contribution in [0, 0.1) is 5.92 Å². The van der Waals surface area contributed by atoms with Gasteiger partial charge in [-0.15, -0.1) is 0 Å². The van der Waals surface area contributed by atoms with Crippen LogP contribution < -0.4 is 9.47 Å². The summed E-state index contributed by atoms with van der Waals surface area (Å²) in [6.07, 6.45) is 1.59. The Balaban J connectivity index is 1.51. The van der Waals surface area contributed by atoms with E-state index in [1.807, 2.05) is 24.3 Å². The highest BCUT2D eigenvalue weighted by Crippen LogP contribution is 2.49. The maximum atomic E-state index is 13.2. The molecule has 3 atom stereocenters. The molecule has 0 bridgehead atoms. The SMILES string of the molecule is CC1CCN(C(C)COc2ccc(C3Oc4ccc(O)cc4C(S(C)(=O)=O)=C3c3cccc(O)c3)cc2)C1. The summed E-state index contributed by atoms with van der Waals surface area (Å²) in [7, 11) is -3.77. The van der Waals surface area contributed by atoms with Crippen LogP contribution in [0.25, 0.3) is 10.5 Å². The molecular formula is C30H33NO6S. The molecule has 7 nitrogen and oxygen atoms in total. The van der Waals surface area contributed by atoms with Crippen molar-refractivity contribution in [3.05, 3.63) is 83.4 Å². The number of fused-ring (bicyclic) bond motifs is 1. The highest BCUT2D eigenvalue weighted by Gasteiger charge is 2.36. The van der Waals surface area contributed by atoms with Crippen LogP contribution in [-0.4, -0.2) is 55.5 Å². The van der Waals surface area contributed by atoms with Gasteiger partial charge in [0.2, 0.25) is 0 Å². The zero-order chi connectivity index (χ0) is 27.0. The third-order valence-corrected chi connectivity index (χ3v) is 8.42. The summed E-state index contributed by atoms with van der Waals surface area (Å²) >= 11 is 0. The fourth-order valence-electron chi connectivity index (χ4n) is 5.27. The van der Waals surface area contributed by atoms with Crippen LogP contribution in [-0.2, 0) is 9.84 Å². The van der Waals surface area contributed by atoms with Gasteiger partial charge < -0.3 is 19.7 Å². The van der Waals surface area contributed by atoms with Crippen molar-refractivity contribution in [2.45, 2.75) is 32.4 Å². The number of benzene rings is 3. The lowest BCUT2D eigenvalue weighted by Gasteiger charge is -2.31. The van der Waals surface area contributed by atoms with Gasteiger partial charge in [0.25, 0.3) is 0 Å². The van der Waals surface area contributed by atoms with E-state index in [9.17, 15) is 18.6 Å². The van der Waals surface area contributed by atoms with Crippen LogP contribution in [0.15, 0.2) is 66.7 Å². The minimum atomic E-state index is -3.77. The molecule has 8 heteroatoms. The van der Waals surface area contributed by atoms with Gasteiger partial charge in [0.05, 0.1) is 4.91 Å². The molecule has 0 amide bonds. The molecule has 1 fully saturated rings. The van der Waals surface area contributed by atoms with Crippen LogP contribution in [0.4, 0.5) is 0 Å². The van der Waals surface area contributed by atoms with Crippen molar-refractivity contribution in [2.75, 3.05) is 26.0 Å². The number of phenols is 2. The molecular weight excluding hydrogens is 502 g/mol. The van der Waals surface area contributed by atoms with Crippen LogP contribution in [0.2, 0.25) is 0 Å². The van der Waals surface area contributed by atoms with Crippen molar-refractivity contribution < 1.29 is 28.1 Å². The van der Waals surface area contributed by atoms with Crippen molar-refractivity contribution in [3.63, 3.8) is 0 Å². The zero-order valence-corrected chi connectivity index (χ0v) is 22.6. The summed E-state index contributed by atoms with van der Waals surface area (Å²) in [6, 6.07) is 18.7. The molecule has 0 aromatic heterocycles. The van der Waals surface area contributed by atoms with E-state index >= 15 is 0 Å². The fourth-order valence-corrected chi connectivity index (χ4v) is 6.45. The number of aromatic hydroxyl groups is 2. The topological polar surface area (TPSA) is 96.3 Å². The van der Waals surface area contributed by atoms with Gasteiger partial charge in [-0.25, -0.2) is 8.42 Å². The molecule has 2 aliphatic rings. The maximum Gasteiger partial charge on any atom is 0.176 e. The van der Waals surface area contributed by atoms with Gasteiger partial charge in [-0.3, -0.25) is 4.90 Å². The lowest BCUT2D eigenvalue weighted by molar-refractivity contribution is 0.169. The quantitative estimate of drug-likeness (QED) is 0.426. The normalized spacial score (nSPS) is 20.6. The van der Waals surface area contributed by atoms with E-state index in [4.69, 9.17) is 9.47 Å². The Morgan fingerprint density at radius 1 is 1.05 bits per heavy atom. The Morgan fingerprint density at radius 3 is 2.45 bits per heavy atom. The van der Waals surface area contributed by atoms with E-state index in [0.29, 0.717) is 35.5 Å². The van der Waals surface area contributed by atoms with Crippen molar-refractivity contribution in [1.82, 2.24) is 4.90 Å². The molecule has 200 valence electrons. The number of rotatable bonds is 7. The third-order valence-electron chi connectivity index (χ3n) is 7.24. The molecule has 2 N–H and O–H groups in total. The predicted molar refractivity (Wildman–Crippen MR) is 148 cm³/mol. The van der Waals surface area contributed by atoms with Crippen molar-refractivity contribution >= 4 is 20.3 Å². The van der Waals surface area contributed by atoms with Gasteiger partial charge in [-0.1, -0.05) is 31.2 Å². The summed E-state index contributed by atoms with van der Waals surface area (Å²) in [5, 5.41) is 20.3. The number of hydrogen-bond donors (Lipinski definition) is 2. The first-order valence-electron chi connectivity index (χ1n) is 12.8. The Hall–Kier alpha value is -3.49. The molecule has 3 aromatic rings. The van der Waals surface area contributed by atoms with Gasteiger partial charge in [-0.05, 0) is 79.4 Å². The van der Waals surface area contributed by atoms with E-state index in [0.717, 1.165) is 30.7 Å². The lowest BCUT2D eigenvalue weighted by Crippen LogP contribution is -2.35. The summed E-state index contributed by atoms with van der Waals surface area (Å²) in [5.41, 5.74) is 1.93. The average molecular weight is 536 g/mol. The molecule has 0 radical (unpaired) electrons. The van der Waals surface area contributed by atoms with E-state index in [1.165, 1.54) is 30.7 Å². The summed E-state index contributed by atoms with van der Waals surface area (Å²) in [6.45, 7) is 7.21. The molecule has 3 unspecified atom stereocenters. The summed E-state index contributed by atoms with van der Waals surface area (Å²) < 4.78 is 38.8. The largest absolute Gasteiger partial charge is 0.508 e. The molecule has 38 heavy (non-hydrogen) atoms. The van der Waals surface area contributed by atoms with E-state index in [-0.39, 0.29) is 22.0 Å². The lowest BCUT2D eigenvalue weighted by atomic mass is 9.90. The van der Waals surface area contributed by atoms with Crippen molar-refractivity contribution in [1.29, 1.82) is 0 Å². The Kier molecular flexibility index (Phi) is 7.11. The van der Waals surface area contributed by atoms with Crippen LogP contribution in [0.5, 0.6) is 23.0 Å². The monoisotopic (exact) mass is 535 g/mol. The fraction of sp³-hybridized carbons (Fsp3) is 0.333. The summed E-state index contributed by atoms with van der Waals surface area (Å²) in [4.78, 5) is 2.50. The highest BCUT2D eigenvalue weighted by molar-refractivity contribution is 8.00. The first kappa shape index (κ1) is 26.1.